The first-order chi connectivity index (χ1) is 11.5. The first-order valence-electron chi connectivity index (χ1n) is 7.21. The molecule has 2 aromatic heterocycles. The third-order valence-electron chi connectivity index (χ3n) is 3.24. The molecule has 24 heavy (non-hydrogen) atoms. The van der Waals surface area contributed by atoms with E-state index in [0.717, 1.165) is 22.1 Å². The number of hydrogen-bond acceptors (Lipinski definition) is 7. The van der Waals surface area contributed by atoms with Gasteiger partial charge in [-0.2, -0.15) is 0 Å². The smallest absolute Gasteiger partial charge is 0.230 e. The number of carbonyl (C=O) groups excluding carboxylic acids is 1. The molecule has 124 valence electrons. The van der Waals surface area contributed by atoms with E-state index in [1.54, 1.807) is 23.6 Å². The number of benzene rings is 1. The lowest BCUT2D eigenvalue weighted by Crippen LogP contribution is -2.22. The summed E-state index contributed by atoms with van der Waals surface area (Å²) in [4.78, 5) is 18.3. The van der Waals surface area contributed by atoms with Gasteiger partial charge in [0.25, 0.3) is 0 Å². The van der Waals surface area contributed by atoms with E-state index in [0.29, 0.717) is 10.9 Å². The standard InChI is InChI=1S/C15H16N6OS2/c1-10-5-4-6-13(7-10)21(11(2)22)14-16-12(8-23-14)9-24-15-17-18-19-20(15)3/h4-8H,9H2,1-3H3. The molecule has 3 rings (SSSR count). The van der Waals surface area contributed by atoms with E-state index in [4.69, 9.17) is 0 Å². The average Bonchev–Trinajstić information content (AvgIpc) is 3.14. The van der Waals surface area contributed by atoms with Crippen molar-refractivity contribution in [3.05, 3.63) is 40.9 Å². The molecule has 0 N–H and O–H groups in total. The minimum atomic E-state index is -0.0633. The molecular weight excluding hydrogens is 344 g/mol. The number of nitrogens with zero attached hydrogens (tertiary/aromatic N) is 6. The van der Waals surface area contributed by atoms with Gasteiger partial charge < -0.3 is 0 Å². The van der Waals surface area contributed by atoms with Crippen LogP contribution < -0.4 is 4.90 Å². The second kappa shape index (κ2) is 7.10. The highest BCUT2D eigenvalue weighted by atomic mass is 32.2. The lowest BCUT2D eigenvalue weighted by Gasteiger charge is -2.18. The van der Waals surface area contributed by atoms with Crippen molar-refractivity contribution in [1.82, 2.24) is 25.2 Å². The molecule has 9 heteroatoms. The molecule has 0 aliphatic heterocycles. The molecule has 0 bridgehead atoms. The zero-order chi connectivity index (χ0) is 17.1. The predicted octanol–water partition coefficient (Wildman–Crippen LogP) is 2.95. The van der Waals surface area contributed by atoms with Crippen LogP contribution in [0.25, 0.3) is 0 Å². The number of hydrogen-bond donors (Lipinski definition) is 0. The predicted molar refractivity (Wildman–Crippen MR) is 94.5 cm³/mol. The van der Waals surface area contributed by atoms with Gasteiger partial charge in [-0.05, 0) is 35.0 Å². The molecule has 0 saturated carbocycles. The highest BCUT2D eigenvalue weighted by Crippen LogP contribution is 2.31. The Balaban J connectivity index is 1.79. The van der Waals surface area contributed by atoms with Crippen molar-refractivity contribution < 1.29 is 4.79 Å². The number of thioether (sulfide) groups is 1. The Kier molecular flexibility index (Phi) is 4.91. The maximum absolute atomic E-state index is 12.1. The van der Waals surface area contributed by atoms with Crippen LogP contribution in [-0.4, -0.2) is 31.1 Å². The van der Waals surface area contributed by atoms with Crippen molar-refractivity contribution in [2.45, 2.75) is 24.8 Å². The molecule has 0 aliphatic carbocycles. The van der Waals surface area contributed by atoms with Crippen molar-refractivity contribution in [2.75, 3.05) is 4.90 Å². The van der Waals surface area contributed by atoms with Crippen LogP contribution in [0, 0.1) is 6.92 Å². The Morgan fingerprint density at radius 1 is 1.42 bits per heavy atom. The number of tetrazole rings is 1. The number of thiazole rings is 1. The minimum absolute atomic E-state index is 0.0633. The molecule has 3 aromatic rings. The molecule has 2 heterocycles. The molecule has 0 radical (unpaired) electrons. The normalized spacial score (nSPS) is 10.8. The molecule has 0 atom stereocenters. The van der Waals surface area contributed by atoms with Crippen molar-refractivity contribution in [1.29, 1.82) is 0 Å². The third-order valence-corrected chi connectivity index (χ3v) is 5.15. The van der Waals surface area contributed by atoms with Crippen LogP contribution in [0.5, 0.6) is 0 Å². The van der Waals surface area contributed by atoms with E-state index >= 15 is 0 Å². The number of carbonyl (C=O) groups is 1. The Bertz CT molecular complexity index is 859. The summed E-state index contributed by atoms with van der Waals surface area (Å²) in [6.07, 6.45) is 0. The molecule has 1 amide bonds. The van der Waals surface area contributed by atoms with E-state index in [1.165, 1.54) is 23.1 Å². The van der Waals surface area contributed by atoms with Crippen LogP contribution in [0.3, 0.4) is 0 Å². The van der Waals surface area contributed by atoms with Gasteiger partial charge in [0.2, 0.25) is 11.1 Å². The van der Waals surface area contributed by atoms with Crippen molar-refractivity contribution in [3.63, 3.8) is 0 Å². The molecule has 7 nitrogen and oxygen atoms in total. The van der Waals surface area contributed by atoms with Crippen LogP contribution in [0.15, 0.2) is 34.8 Å². The Hall–Kier alpha value is -2.26. The molecule has 1 aromatic carbocycles. The Labute approximate surface area is 147 Å². The summed E-state index contributed by atoms with van der Waals surface area (Å²) < 4.78 is 1.62. The monoisotopic (exact) mass is 360 g/mol. The summed E-state index contributed by atoms with van der Waals surface area (Å²) in [5, 5.41) is 14.7. The Morgan fingerprint density at radius 3 is 2.92 bits per heavy atom. The van der Waals surface area contributed by atoms with E-state index in [2.05, 4.69) is 20.5 Å². The number of rotatable bonds is 5. The SMILES string of the molecule is CC(=O)N(c1cccc(C)c1)c1nc(CSc2nnnn2C)cs1. The maximum atomic E-state index is 12.1. The zero-order valence-electron chi connectivity index (χ0n) is 13.5. The number of amides is 1. The molecule has 0 saturated heterocycles. The lowest BCUT2D eigenvalue weighted by molar-refractivity contribution is -0.115. The molecule has 0 unspecified atom stereocenters. The van der Waals surface area contributed by atoms with Gasteiger partial charge in [0.15, 0.2) is 5.13 Å². The second-order valence-electron chi connectivity index (χ2n) is 5.19. The van der Waals surface area contributed by atoms with E-state index in [-0.39, 0.29) is 5.91 Å². The fourth-order valence-electron chi connectivity index (χ4n) is 2.14. The summed E-state index contributed by atoms with van der Waals surface area (Å²) in [6.45, 7) is 3.55. The third kappa shape index (κ3) is 3.62. The topological polar surface area (TPSA) is 76.8 Å². The van der Waals surface area contributed by atoms with Crippen LogP contribution in [0.2, 0.25) is 0 Å². The average molecular weight is 360 g/mol. The number of anilines is 2. The van der Waals surface area contributed by atoms with E-state index in [1.807, 2.05) is 36.6 Å². The van der Waals surface area contributed by atoms with Crippen LogP contribution in [0.4, 0.5) is 10.8 Å². The van der Waals surface area contributed by atoms with Gasteiger partial charge in [-0.3, -0.25) is 9.69 Å². The van der Waals surface area contributed by atoms with Crippen LogP contribution in [0.1, 0.15) is 18.2 Å². The largest absolute Gasteiger partial charge is 0.274 e. The number of aromatic nitrogens is 5. The molecule has 0 aliphatic rings. The van der Waals surface area contributed by atoms with Gasteiger partial charge >= 0.3 is 0 Å². The fraction of sp³-hybridized carbons (Fsp3) is 0.267. The minimum Gasteiger partial charge on any atom is -0.274 e. The second-order valence-corrected chi connectivity index (χ2v) is 6.97. The number of aryl methyl sites for hydroxylation is 2. The highest BCUT2D eigenvalue weighted by Gasteiger charge is 2.18. The van der Waals surface area contributed by atoms with Crippen molar-refractivity contribution in [2.24, 2.45) is 7.05 Å². The van der Waals surface area contributed by atoms with Gasteiger partial charge in [-0.25, -0.2) is 9.67 Å². The summed E-state index contributed by atoms with van der Waals surface area (Å²) in [5.74, 6) is 0.580. The Morgan fingerprint density at radius 2 is 2.25 bits per heavy atom. The highest BCUT2D eigenvalue weighted by molar-refractivity contribution is 7.98. The maximum Gasteiger partial charge on any atom is 0.230 e. The fourth-order valence-corrected chi connectivity index (χ4v) is 3.88. The lowest BCUT2D eigenvalue weighted by atomic mass is 10.2. The van der Waals surface area contributed by atoms with Crippen LogP contribution in [-0.2, 0) is 17.6 Å². The molecular formula is C15H16N6OS2. The summed E-state index contributed by atoms with van der Waals surface area (Å²) in [6, 6.07) is 7.82. The summed E-state index contributed by atoms with van der Waals surface area (Å²) in [7, 11) is 1.80. The van der Waals surface area contributed by atoms with Gasteiger partial charge in [0.1, 0.15) is 0 Å². The first-order valence-corrected chi connectivity index (χ1v) is 9.08. The summed E-state index contributed by atoms with van der Waals surface area (Å²) in [5.41, 5.74) is 2.82. The molecule has 0 spiro atoms. The van der Waals surface area contributed by atoms with Gasteiger partial charge in [0.05, 0.1) is 11.4 Å². The van der Waals surface area contributed by atoms with Gasteiger partial charge in [0, 0.05) is 25.1 Å². The quantitative estimate of drug-likeness (QED) is 0.651. The summed E-state index contributed by atoms with van der Waals surface area (Å²) >= 11 is 2.96. The van der Waals surface area contributed by atoms with Gasteiger partial charge in [-0.15, -0.1) is 16.4 Å². The van der Waals surface area contributed by atoms with E-state index in [9.17, 15) is 4.79 Å². The van der Waals surface area contributed by atoms with E-state index < -0.39 is 0 Å². The molecule has 0 fully saturated rings. The van der Waals surface area contributed by atoms with Gasteiger partial charge in [-0.1, -0.05) is 23.9 Å². The zero-order valence-corrected chi connectivity index (χ0v) is 15.1. The van der Waals surface area contributed by atoms with Crippen molar-refractivity contribution >= 4 is 39.8 Å². The van der Waals surface area contributed by atoms with Crippen molar-refractivity contribution in [3.8, 4) is 0 Å². The van der Waals surface area contributed by atoms with Crippen LogP contribution >= 0.6 is 23.1 Å². The first kappa shape index (κ1) is 16.6.